The van der Waals surface area contributed by atoms with Gasteiger partial charge in [-0.2, -0.15) is 4.31 Å². The number of aryl methyl sites for hydroxylation is 1. The summed E-state index contributed by atoms with van der Waals surface area (Å²) in [7, 11) is -2.11. The molecule has 34 heavy (non-hydrogen) atoms. The van der Waals surface area contributed by atoms with E-state index in [1.807, 2.05) is 37.3 Å². The van der Waals surface area contributed by atoms with Gasteiger partial charge in [0.25, 0.3) is 0 Å². The van der Waals surface area contributed by atoms with Crippen molar-refractivity contribution >= 4 is 16.0 Å². The third kappa shape index (κ3) is 7.04. The summed E-state index contributed by atoms with van der Waals surface area (Å²) in [4.78, 5) is 14.3. The smallest absolute Gasteiger partial charge is 0.309 e. The summed E-state index contributed by atoms with van der Waals surface area (Å²) in [5.41, 5.74) is 2.91. The lowest BCUT2D eigenvalue weighted by Crippen LogP contribution is -2.48. The first-order valence-electron chi connectivity index (χ1n) is 11.8. The number of benzene rings is 2. The Labute approximate surface area is 203 Å². The van der Waals surface area contributed by atoms with E-state index in [4.69, 9.17) is 9.47 Å². The van der Waals surface area contributed by atoms with Crippen molar-refractivity contribution in [2.24, 2.45) is 5.92 Å². The molecule has 0 bridgehead atoms. The second kappa shape index (κ2) is 11.8. The minimum absolute atomic E-state index is 0.207. The van der Waals surface area contributed by atoms with E-state index in [0.717, 1.165) is 28.9 Å². The van der Waals surface area contributed by atoms with E-state index in [-0.39, 0.29) is 12.4 Å². The number of ether oxygens (including phenoxy) is 2. The van der Waals surface area contributed by atoms with Crippen molar-refractivity contribution in [3.05, 3.63) is 59.2 Å². The summed E-state index contributed by atoms with van der Waals surface area (Å²) in [5, 5.41) is 0. The number of hydrogen-bond donors (Lipinski definition) is 0. The molecule has 0 N–H and O–H groups in total. The molecule has 0 unspecified atom stereocenters. The van der Waals surface area contributed by atoms with E-state index in [1.54, 1.807) is 16.4 Å². The Morgan fingerprint density at radius 2 is 1.71 bits per heavy atom. The minimum atomic E-state index is -3.50. The summed E-state index contributed by atoms with van der Waals surface area (Å²) in [6, 6.07) is 12.8. The van der Waals surface area contributed by atoms with Gasteiger partial charge in [0, 0.05) is 38.3 Å². The standard InChI is InChI=1S/C26H36N2O5S/c1-20(2)11-16-33-25-10-7-22(18-26(29)32-4)17-23(25)19-27-12-14-28(15-13-27)34(30,31)24-8-5-21(3)6-9-24/h5-10,17,20H,11-16,18-19H2,1-4H3. The Kier molecular flexibility index (Phi) is 9.10. The first-order chi connectivity index (χ1) is 16.2. The molecule has 1 saturated heterocycles. The van der Waals surface area contributed by atoms with Crippen LogP contribution in [0, 0.1) is 12.8 Å². The minimum Gasteiger partial charge on any atom is -0.493 e. The van der Waals surface area contributed by atoms with Crippen molar-refractivity contribution in [3.63, 3.8) is 0 Å². The monoisotopic (exact) mass is 488 g/mol. The van der Waals surface area contributed by atoms with Crippen molar-refractivity contribution in [1.29, 1.82) is 0 Å². The van der Waals surface area contributed by atoms with Crippen LogP contribution in [0.1, 0.15) is 37.0 Å². The highest BCUT2D eigenvalue weighted by Gasteiger charge is 2.28. The van der Waals surface area contributed by atoms with Gasteiger partial charge in [0.15, 0.2) is 0 Å². The van der Waals surface area contributed by atoms with Gasteiger partial charge in [-0.25, -0.2) is 8.42 Å². The summed E-state index contributed by atoms with van der Waals surface area (Å²) >= 11 is 0. The lowest BCUT2D eigenvalue weighted by atomic mass is 10.1. The van der Waals surface area contributed by atoms with Crippen molar-refractivity contribution in [3.8, 4) is 5.75 Å². The maximum Gasteiger partial charge on any atom is 0.309 e. The number of rotatable bonds is 10. The number of methoxy groups -OCH3 is 1. The largest absolute Gasteiger partial charge is 0.493 e. The van der Waals surface area contributed by atoms with Gasteiger partial charge in [0.1, 0.15) is 5.75 Å². The Hall–Kier alpha value is -2.42. The first kappa shape index (κ1) is 26.2. The average molecular weight is 489 g/mol. The molecule has 1 fully saturated rings. The molecule has 7 nitrogen and oxygen atoms in total. The van der Waals surface area contributed by atoms with Crippen molar-refractivity contribution in [2.75, 3.05) is 39.9 Å². The molecule has 3 rings (SSSR count). The van der Waals surface area contributed by atoms with Crippen LogP contribution in [-0.2, 0) is 32.5 Å². The molecule has 0 amide bonds. The first-order valence-corrected chi connectivity index (χ1v) is 13.2. The van der Waals surface area contributed by atoms with Crippen LogP contribution < -0.4 is 4.74 Å². The Morgan fingerprint density at radius 1 is 1.03 bits per heavy atom. The molecule has 0 aromatic heterocycles. The van der Waals surface area contributed by atoms with Gasteiger partial charge >= 0.3 is 5.97 Å². The third-order valence-corrected chi connectivity index (χ3v) is 7.95. The summed E-state index contributed by atoms with van der Waals surface area (Å²) < 4.78 is 38.5. The maximum absolute atomic E-state index is 13.0. The van der Waals surface area contributed by atoms with Crippen LogP contribution in [0.25, 0.3) is 0 Å². The fraction of sp³-hybridized carbons (Fsp3) is 0.500. The molecule has 2 aromatic carbocycles. The molecular formula is C26H36N2O5S. The summed E-state index contributed by atoms with van der Waals surface area (Å²) in [6.07, 6.45) is 1.16. The molecule has 0 spiro atoms. The molecule has 0 aliphatic carbocycles. The summed E-state index contributed by atoms with van der Waals surface area (Å²) in [5.74, 6) is 1.07. The van der Waals surface area contributed by atoms with Gasteiger partial charge in [0.05, 0.1) is 25.0 Å². The molecule has 2 aromatic rings. The highest BCUT2D eigenvalue weighted by atomic mass is 32.2. The number of piperazine rings is 1. The van der Waals surface area contributed by atoms with Gasteiger partial charge in [0.2, 0.25) is 10.0 Å². The van der Waals surface area contributed by atoms with Crippen molar-refractivity contribution in [2.45, 2.75) is 45.1 Å². The van der Waals surface area contributed by atoms with Crippen molar-refractivity contribution in [1.82, 2.24) is 9.21 Å². The van der Waals surface area contributed by atoms with Crippen LogP contribution in [0.4, 0.5) is 0 Å². The zero-order chi connectivity index (χ0) is 24.7. The van der Waals surface area contributed by atoms with E-state index >= 15 is 0 Å². The van der Waals surface area contributed by atoms with Gasteiger partial charge in [-0.1, -0.05) is 43.7 Å². The topological polar surface area (TPSA) is 76.2 Å². The van der Waals surface area contributed by atoms with Crippen LogP contribution in [-0.4, -0.2) is 63.5 Å². The quantitative estimate of drug-likeness (QED) is 0.475. The highest BCUT2D eigenvalue weighted by molar-refractivity contribution is 7.89. The average Bonchev–Trinajstić information content (AvgIpc) is 2.81. The third-order valence-electron chi connectivity index (χ3n) is 6.04. The number of esters is 1. The fourth-order valence-electron chi connectivity index (χ4n) is 3.88. The van der Waals surface area contributed by atoms with E-state index in [9.17, 15) is 13.2 Å². The van der Waals surface area contributed by atoms with E-state index < -0.39 is 10.0 Å². The lowest BCUT2D eigenvalue weighted by molar-refractivity contribution is -0.139. The zero-order valence-electron chi connectivity index (χ0n) is 20.6. The highest BCUT2D eigenvalue weighted by Crippen LogP contribution is 2.25. The number of carbonyl (C=O) groups excluding carboxylic acids is 1. The van der Waals surface area contributed by atoms with Crippen LogP contribution in [0.15, 0.2) is 47.4 Å². The van der Waals surface area contributed by atoms with Gasteiger partial charge in [-0.3, -0.25) is 9.69 Å². The number of sulfonamides is 1. The predicted octanol–water partition coefficient (Wildman–Crippen LogP) is 3.64. The fourth-order valence-corrected chi connectivity index (χ4v) is 5.30. The maximum atomic E-state index is 13.0. The molecule has 1 heterocycles. The Morgan fingerprint density at radius 3 is 2.32 bits per heavy atom. The van der Waals surface area contributed by atoms with Gasteiger partial charge in [-0.15, -0.1) is 0 Å². The second-order valence-corrected chi connectivity index (χ2v) is 11.2. The van der Waals surface area contributed by atoms with Crippen LogP contribution >= 0.6 is 0 Å². The van der Waals surface area contributed by atoms with Crippen LogP contribution in [0.3, 0.4) is 0 Å². The van der Waals surface area contributed by atoms with Crippen LogP contribution in [0.2, 0.25) is 0 Å². The summed E-state index contributed by atoms with van der Waals surface area (Å²) in [6.45, 7) is 9.63. The number of hydrogen-bond acceptors (Lipinski definition) is 6. The van der Waals surface area contributed by atoms with E-state index in [2.05, 4.69) is 18.7 Å². The van der Waals surface area contributed by atoms with Gasteiger partial charge in [-0.05, 0) is 43.0 Å². The molecular weight excluding hydrogens is 452 g/mol. The molecule has 186 valence electrons. The van der Waals surface area contributed by atoms with E-state index in [0.29, 0.717) is 50.1 Å². The second-order valence-electron chi connectivity index (χ2n) is 9.22. The van der Waals surface area contributed by atoms with Gasteiger partial charge < -0.3 is 9.47 Å². The molecule has 0 saturated carbocycles. The molecule has 8 heteroatoms. The molecule has 0 atom stereocenters. The number of nitrogens with zero attached hydrogens (tertiary/aromatic N) is 2. The number of carbonyl (C=O) groups is 1. The lowest BCUT2D eigenvalue weighted by Gasteiger charge is -2.34. The molecule has 0 radical (unpaired) electrons. The Bertz CT molecular complexity index is 1060. The normalized spacial score (nSPS) is 15.4. The SMILES string of the molecule is COC(=O)Cc1ccc(OCCC(C)C)c(CN2CCN(S(=O)(=O)c3ccc(C)cc3)CC2)c1. The molecule has 1 aliphatic heterocycles. The van der Waals surface area contributed by atoms with Crippen molar-refractivity contribution < 1.29 is 22.7 Å². The Balaban J connectivity index is 1.68. The van der Waals surface area contributed by atoms with E-state index in [1.165, 1.54) is 7.11 Å². The van der Waals surface area contributed by atoms with Crippen LogP contribution in [0.5, 0.6) is 5.75 Å². The predicted molar refractivity (Wildman–Crippen MR) is 132 cm³/mol. The molecule has 1 aliphatic rings. The zero-order valence-corrected chi connectivity index (χ0v) is 21.4.